The van der Waals surface area contributed by atoms with Crippen molar-refractivity contribution in [1.29, 1.82) is 0 Å². The lowest BCUT2D eigenvalue weighted by molar-refractivity contribution is 0.00511. The van der Waals surface area contributed by atoms with Crippen molar-refractivity contribution < 1.29 is 18.9 Å². The summed E-state index contributed by atoms with van der Waals surface area (Å²) in [4.78, 5) is 37.9. The molecule has 12 heteroatoms. The molecule has 0 fully saturated rings. The van der Waals surface area contributed by atoms with Crippen molar-refractivity contribution in [3.63, 3.8) is 0 Å². The fourth-order valence-corrected chi connectivity index (χ4v) is 13.5. The van der Waals surface area contributed by atoms with Crippen molar-refractivity contribution in [2.45, 2.75) is 51.7 Å². The Morgan fingerprint density at radius 3 is 1.16 bits per heavy atom. The predicted molar refractivity (Wildman–Crippen MR) is 419 cm³/mol. The van der Waals surface area contributed by atoms with Gasteiger partial charge in [0.25, 0.3) is 0 Å². The molecule has 0 saturated heterocycles. The zero-order valence-electron chi connectivity index (χ0n) is 57.7. The summed E-state index contributed by atoms with van der Waals surface area (Å²) < 4.78 is 24.0. The predicted octanol–water partition coefficient (Wildman–Crippen LogP) is 21.4. The molecule has 0 amide bonds. The van der Waals surface area contributed by atoms with Gasteiger partial charge < -0.3 is 38.9 Å². The van der Waals surface area contributed by atoms with Crippen molar-refractivity contribution in [3.8, 4) is 90.1 Å². The smallest absolute Gasteiger partial charge is 0.119 e. The minimum absolute atomic E-state index is 0.312. The summed E-state index contributed by atoms with van der Waals surface area (Å²) in [6.07, 6.45) is 18.3. The molecule has 0 atom stereocenters. The lowest BCUT2D eigenvalue weighted by Crippen LogP contribution is -2.25. The van der Waals surface area contributed by atoms with Crippen LogP contribution in [0.5, 0.6) is 11.5 Å². The van der Waals surface area contributed by atoms with Gasteiger partial charge >= 0.3 is 0 Å². The number of benzene rings is 6. The lowest BCUT2D eigenvalue weighted by Gasteiger charge is -2.22. The molecular weight excluding hydrogens is 1260 g/mol. The second-order valence-electron chi connectivity index (χ2n) is 26.9. The van der Waals surface area contributed by atoms with Crippen molar-refractivity contribution in [1.82, 2.24) is 39.9 Å². The Balaban J connectivity index is 0.978. The number of nitrogens with zero attached hydrogens (tertiary/aromatic N) is 4. The Hall–Kier alpha value is -12.4. The van der Waals surface area contributed by atoms with Crippen LogP contribution in [-0.4, -0.2) is 78.5 Å². The minimum atomic E-state index is -0.312. The summed E-state index contributed by atoms with van der Waals surface area (Å²) >= 11 is 0. The number of aromatic amines is 4. The maximum Gasteiger partial charge on any atom is 0.119 e. The van der Waals surface area contributed by atoms with Crippen LogP contribution in [0.1, 0.15) is 97.2 Å². The first-order valence-corrected chi connectivity index (χ1v) is 34.5. The van der Waals surface area contributed by atoms with Gasteiger partial charge in [0, 0.05) is 93.5 Å². The van der Waals surface area contributed by atoms with Crippen LogP contribution in [0.3, 0.4) is 0 Å². The summed E-state index contributed by atoms with van der Waals surface area (Å²) in [6.45, 7) is 9.28. The van der Waals surface area contributed by atoms with E-state index in [-0.39, 0.29) is 11.2 Å². The maximum atomic E-state index is 6.30. The van der Waals surface area contributed by atoms with Crippen molar-refractivity contribution >= 4 is 92.7 Å². The van der Waals surface area contributed by atoms with Gasteiger partial charge in [0.1, 0.15) is 11.5 Å². The van der Waals surface area contributed by atoms with Crippen molar-refractivity contribution in [2.24, 2.45) is 0 Å². The Kier molecular flexibility index (Phi) is 17.3. The molecule has 0 spiro atoms. The van der Waals surface area contributed by atoms with E-state index in [1.54, 1.807) is 14.2 Å². The molecule has 12 nitrogen and oxygen atoms in total. The highest BCUT2D eigenvalue weighted by molar-refractivity contribution is 6.02. The first-order valence-electron chi connectivity index (χ1n) is 34.5. The molecule has 16 bridgehead atoms. The number of nitrogens with one attached hydrogen (secondary N) is 4. The molecule has 4 aliphatic rings. The lowest BCUT2D eigenvalue weighted by atomic mass is 10.0. The second-order valence-corrected chi connectivity index (χ2v) is 26.9. The molecule has 498 valence electrons. The van der Waals surface area contributed by atoms with E-state index in [4.69, 9.17) is 38.9 Å². The number of ether oxygens (including phenoxy) is 4. The molecule has 6 aromatic heterocycles. The van der Waals surface area contributed by atoms with Gasteiger partial charge in [0.2, 0.25) is 0 Å². The molecule has 16 rings (SSSR count). The van der Waals surface area contributed by atoms with Crippen LogP contribution in [0.2, 0.25) is 0 Å². The number of rotatable bonds is 16. The van der Waals surface area contributed by atoms with E-state index in [1.807, 2.05) is 48.5 Å². The van der Waals surface area contributed by atoms with Gasteiger partial charge in [-0.05, 0) is 182 Å². The topological polar surface area (TPSA) is 152 Å². The fraction of sp³-hybridized carbons (Fsp3) is 0.133. The summed E-state index contributed by atoms with van der Waals surface area (Å²) in [5, 5.41) is 0. The van der Waals surface area contributed by atoms with E-state index in [9.17, 15) is 0 Å². The molecule has 0 radical (unpaired) electrons. The summed E-state index contributed by atoms with van der Waals surface area (Å²) in [5.74, 6) is 9.22. The van der Waals surface area contributed by atoms with E-state index in [1.165, 1.54) is 0 Å². The van der Waals surface area contributed by atoms with E-state index >= 15 is 0 Å². The highest BCUT2D eigenvalue weighted by atomic mass is 16.5. The van der Waals surface area contributed by atoms with Crippen molar-refractivity contribution in [2.75, 3.05) is 27.4 Å². The van der Waals surface area contributed by atoms with Gasteiger partial charge in [-0.15, -0.1) is 0 Å². The molecule has 12 aromatic rings. The van der Waals surface area contributed by atoms with Crippen LogP contribution >= 0.6 is 0 Å². The van der Waals surface area contributed by atoms with Gasteiger partial charge in [0.15, 0.2) is 0 Å². The van der Waals surface area contributed by atoms with Crippen LogP contribution in [0.4, 0.5) is 0 Å². The number of hydrogen-bond donors (Lipinski definition) is 4. The van der Waals surface area contributed by atoms with E-state index in [0.29, 0.717) is 24.5 Å². The molecule has 0 aliphatic carbocycles. The molecule has 4 aliphatic heterocycles. The van der Waals surface area contributed by atoms with Crippen LogP contribution in [0.25, 0.3) is 160 Å². The molecule has 0 saturated carbocycles. The molecule has 102 heavy (non-hydrogen) atoms. The quantitative estimate of drug-likeness (QED) is 0.0698. The SMILES string of the molecule is COC(C)(C)CCOc1ccc(-c2c3nc(c(C#Cc4cc5[nH]c4c(-c4ccccc4)c4nc(c(-c6ccccc6)c6ccc([nH]6)c(-c6ccccc6)c6nc(c5-c5ccccc5)C=C6)C=C4)c4ccc([nH]4)c(-c4ccc(OCCC(C)(C)OC)cc4)c4nc(cc5ccc2[nH]5)C=C4)C=C3)cc1. The maximum absolute atomic E-state index is 6.30. The van der Waals surface area contributed by atoms with Gasteiger partial charge in [-0.1, -0.05) is 157 Å². The number of H-pyrrole nitrogens is 4. The highest BCUT2D eigenvalue weighted by Gasteiger charge is 2.24. The van der Waals surface area contributed by atoms with E-state index in [2.05, 4.69) is 278 Å². The average molecular weight is 1330 g/mol. The zero-order chi connectivity index (χ0) is 69.3. The minimum Gasteiger partial charge on any atom is -0.493 e. The normalized spacial score (nSPS) is 12.4. The monoisotopic (exact) mass is 1330 g/mol. The fourth-order valence-electron chi connectivity index (χ4n) is 13.5. The Labute approximate surface area is 592 Å². The molecular formula is C90H74N8O4. The number of fused-ring (bicyclic) bond motifs is 16. The average Bonchev–Trinajstić information content (AvgIpc) is 1.61. The first kappa shape index (κ1) is 64.3. The third-order valence-corrected chi connectivity index (χ3v) is 19.4. The second kappa shape index (κ2) is 27.4. The standard InChI is InChI=1S/C90H74N8O4/c1-89(2,99-5)51-53-101-66-34-27-61(28-35-66)84-71-39-32-64(91-71)56-65-33-40-72(92-65)85(62-29-36-67(37-30-62)102-54-52-90(3,4)100-6)74-44-42-70(94-74)68(69-41-43-73(84)93-69)38-31-63-55-81-86(59-23-15-9-16-24-59)79-48-47-77(96-79)82(57-19-11-7-12-20-57)75-45-46-76(95-75)83(58-21-13-8-14-22-58)78-49-50-80(97-78)87(88(63)98-81)60-25-17-10-18-26-60/h7-30,32-37,39-50,55-56,91,94-95,98H,51-54H2,1-6H3. The Morgan fingerprint density at radius 2 is 0.686 bits per heavy atom. The summed E-state index contributed by atoms with van der Waals surface area (Å²) in [7, 11) is 3.47. The van der Waals surface area contributed by atoms with Gasteiger partial charge in [-0.3, -0.25) is 0 Å². The number of methoxy groups -OCH3 is 2. The van der Waals surface area contributed by atoms with Gasteiger partial charge in [-0.25, -0.2) is 19.9 Å². The summed E-state index contributed by atoms with van der Waals surface area (Å²) in [5.41, 5.74) is 25.3. The molecule has 6 aromatic carbocycles. The number of aromatic nitrogens is 8. The van der Waals surface area contributed by atoms with Crippen LogP contribution in [0.15, 0.2) is 218 Å². The molecule has 0 unspecified atom stereocenters. The third kappa shape index (κ3) is 13.1. The molecule has 10 heterocycles. The summed E-state index contributed by atoms with van der Waals surface area (Å²) in [6, 6.07) is 75.4. The molecule has 4 N–H and O–H groups in total. The van der Waals surface area contributed by atoms with E-state index in [0.717, 1.165) is 181 Å². The zero-order valence-corrected chi connectivity index (χ0v) is 57.7. The van der Waals surface area contributed by atoms with Gasteiger partial charge in [0.05, 0.1) is 92.1 Å². The van der Waals surface area contributed by atoms with Crippen molar-refractivity contribution in [3.05, 3.63) is 275 Å². The van der Waals surface area contributed by atoms with Crippen LogP contribution < -0.4 is 9.47 Å². The first-order chi connectivity index (χ1) is 49.9. The Bertz CT molecular complexity index is 5700. The van der Waals surface area contributed by atoms with Crippen LogP contribution in [0, 0.1) is 11.8 Å². The third-order valence-electron chi connectivity index (χ3n) is 19.4. The largest absolute Gasteiger partial charge is 0.493 e. The highest BCUT2D eigenvalue weighted by Crippen LogP contribution is 2.41. The van der Waals surface area contributed by atoms with Gasteiger partial charge in [-0.2, -0.15) is 0 Å². The van der Waals surface area contributed by atoms with E-state index < -0.39 is 0 Å². The Morgan fingerprint density at radius 1 is 0.324 bits per heavy atom. The number of hydrogen-bond acceptors (Lipinski definition) is 8. The van der Waals surface area contributed by atoms with Crippen LogP contribution in [-0.2, 0) is 9.47 Å².